The van der Waals surface area contributed by atoms with Crippen LogP contribution in [-0.4, -0.2) is 9.55 Å². The van der Waals surface area contributed by atoms with Crippen molar-refractivity contribution < 1.29 is 0 Å². The van der Waals surface area contributed by atoms with E-state index in [9.17, 15) is 0 Å². The van der Waals surface area contributed by atoms with E-state index in [1.54, 1.807) is 0 Å². The summed E-state index contributed by atoms with van der Waals surface area (Å²) in [4.78, 5) is 4.85. The number of imidazole rings is 1. The first-order chi connectivity index (χ1) is 10.6. The first kappa shape index (κ1) is 14.4. The summed E-state index contributed by atoms with van der Waals surface area (Å²) < 4.78 is 2.18. The average molecular weight is 291 g/mol. The minimum atomic E-state index is 0.491. The summed E-state index contributed by atoms with van der Waals surface area (Å²) in [5.41, 5.74) is 11.1. The Morgan fingerprint density at radius 2 is 2.05 bits per heavy atom. The Balaban J connectivity index is 2.24. The number of nitrogen functional groups attached to an aromatic ring is 1. The fourth-order valence-corrected chi connectivity index (χ4v) is 2.72. The predicted octanol–water partition coefficient (Wildman–Crippen LogP) is 4.59. The normalized spacial score (nSPS) is 11.2. The molecular weight excluding hydrogens is 270 g/mol. The summed E-state index contributed by atoms with van der Waals surface area (Å²) >= 11 is 0. The quantitative estimate of drug-likeness (QED) is 0.564. The average Bonchev–Trinajstić information content (AvgIpc) is 2.86. The second-order valence-electron chi connectivity index (χ2n) is 5.86. The molecular formula is C19H21N3. The van der Waals surface area contributed by atoms with Crippen molar-refractivity contribution in [1.29, 1.82) is 0 Å². The molecule has 3 heteroatoms. The number of hydrogen-bond donors (Lipinski definition) is 1. The molecule has 1 heterocycles. The van der Waals surface area contributed by atoms with Crippen LogP contribution in [-0.2, 0) is 6.54 Å². The molecule has 0 aliphatic rings. The summed E-state index contributed by atoms with van der Waals surface area (Å²) in [6, 6.07) is 14.4. The van der Waals surface area contributed by atoms with Gasteiger partial charge in [-0.05, 0) is 35.7 Å². The number of anilines is 1. The number of fused-ring (bicyclic) bond motifs is 1. The van der Waals surface area contributed by atoms with Crippen molar-refractivity contribution in [3.05, 3.63) is 60.7 Å². The number of nitrogens with two attached hydrogens (primary N) is 1. The molecule has 0 aliphatic carbocycles. The molecule has 0 bridgehead atoms. The zero-order chi connectivity index (χ0) is 15.7. The first-order valence-corrected chi connectivity index (χ1v) is 7.57. The molecule has 0 amide bonds. The van der Waals surface area contributed by atoms with Crippen LogP contribution < -0.4 is 5.73 Å². The van der Waals surface area contributed by atoms with Crippen LogP contribution in [0.1, 0.15) is 25.3 Å². The highest BCUT2D eigenvalue weighted by Gasteiger charge is 2.13. The van der Waals surface area contributed by atoms with Crippen molar-refractivity contribution in [2.45, 2.75) is 26.3 Å². The third-order valence-corrected chi connectivity index (χ3v) is 3.90. The van der Waals surface area contributed by atoms with Crippen LogP contribution in [0, 0.1) is 0 Å². The molecule has 0 saturated heterocycles. The fraction of sp³-hybridized carbons (Fsp3) is 0.211. The van der Waals surface area contributed by atoms with Gasteiger partial charge in [-0.15, -0.1) is 6.58 Å². The SMILES string of the molecule is C=CCn1c(-c2cccc(N)c2)nc2cc(C(C)C)ccc21. The third-order valence-electron chi connectivity index (χ3n) is 3.90. The molecule has 112 valence electrons. The minimum Gasteiger partial charge on any atom is -0.399 e. The number of rotatable bonds is 4. The van der Waals surface area contributed by atoms with Gasteiger partial charge in [0.2, 0.25) is 0 Å². The molecule has 2 N–H and O–H groups in total. The Hall–Kier alpha value is -2.55. The van der Waals surface area contributed by atoms with Gasteiger partial charge in [0.25, 0.3) is 0 Å². The summed E-state index contributed by atoms with van der Waals surface area (Å²) in [6.45, 7) is 8.98. The van der Waals surface area contributed by atoms with Crippen LogP contribution in [0.25, 0.3) is 22.4 Å². The Kier molecular flexibility index (Phi) is 3.72. The highest BCUT2D eigenvalue weighted by Crippen LogP contribution is 2.28. The molecule has 3 aromatic rings. The molecule has 0 saturated carbocycles. The van der Waals surface area contributed by atoms with Crippen molar-refractivity contribution in [2.75, 3.05) is 5.73 Å². The van der Waals surface area contributed by atoms with Gasteiger partial charge in [0.1, 0.15) is 5.82 Å². The molecule has 0 atom stereocenters. The Bertz CT molecular complexity index is 828. The van der Waals surface area contributed by atoms with Crippen molar-refractivity contribution in [3.63, 3.8) is 0 Å². The Labute approximate surface area is 131 Å². The largest absolute Gasteiger partial charge is 0.399 e. The second-order valence-corrected chi connectivity index (χ2v) is 5.86. The van der Waals surface area contributed by atoms with E-state index >= 15 is 0 Å². The maximum atomic E-state index is 5.92. The predicted molar refractivity (Wildman–Crippen MR) is 93.9 cm³/mol. The Morgan fingerprint density at radius 1 is 1.23 bits per heavy atom. The maximum absolute atomic E-state index is 5.92. The molecule has 1 aromatic heterocycles. The van der Waals surface area contributed by atoms with Crippen LogP contribution in [0.4, 0.5) is 5.69 Å². The molecule has 0 aliphatic heterocycles. The van der Waals surface area contributed by atoms with Crippen LogP contribution in [0.15, 0.2) is 55.1 Å². The standard InChI is InChI=1S/C19H21N3/c1-4-10-22-18-9-8-14(13(2)3)12-17(18)21-19(22)15-6-5-7-16(20)11-15/h4-9,11-13H,1,10,20H2,2-3H3. The molecule has 0 fully saturated rings. The third kappa shape index (κ3) is 2.50. The molecule has 3 nitrogen and oxygen atoms in total. The van der Waals surface area contributed by atoms with Crippen molar-refractivity contribution in [1.82, 2.24) is 9.55 Å². The van der Waals surface area contributed by atoms with E-state index in [2.05, 4.69) is 43.2 Å². The number of allylic oxidation sites excluding steroid dienone is 1. The van der Waals surface area contributed by atoms with Gasteiger partial charge in [0.15, 0.2) is 0 Å². The van der Waals surface area contributed by atoms with Gasteiger partial charge in [0.05, 0.1) is 11.0 Å². The Morgan fingerprint density at radius 3 is 2.73 bits per heavy atom. The highest BCUT2D eigenvalue weighted by molar-refractivity contribution is 5.82. The summed E-state index contributed by atoms with van der Waals surface area (Å²) in [6.07, 6.45) is 1.90. The van der Waals surface area contributed by atoms with Gasteiger partial charge in [0, 0.05) is 17.8 Å². The van der Waals surface area contributed by atoms with E-state index in [0.717, 1.165) is 34.7 Å². The zero-order valence-corrected chi connectivity index (χ0v) is 13.1. The molecule has 22 heavy (non-hydrogen) atoms. The lowest BCUT2D eigenvalue weighted by Gasteiger charge is -2.08. The number of benzene rings is 2. The van der Waals surface area contributed by atoms with Gasteiger partial charge < -0.3 is 10.3 Å². The topological polar surface area (TPSA) is 43.8 Å². The van der Waals surface area contributed by atoms with E-state index in [4.69, 9.17) is 10.7 Å². The van der Waals surface area contributed by atoms with Crippen LogP contribution in [0.2, 0.25) is 0 Å². The van der Waals surface area contributed by atoms with Gasteiger partial charge in [-0.2, -0.15) is 0 Å². The first-order valence-electron chi connectivity index (χ1n) is 7.57. The number of aromatic nitrogens is 2. The second kappa shape index (κ2) is 5.68. The molecule has 0 radical (unpaired) electrons. The monoisotopic (exact) mass is 291 g/mol. The van der Waals surface area contributed by atoms with Crippen molar-refractivity contribution in [3.8, 4) is 11.4 Å². The van der Waals surface area contributed by atoms with Crippen LogP contribution in [0.3, 0.4) is 0 Å². The number of nitrogens with zero attached hydrogens (tertiary/aromatic N) is 2. The van der Waals surface area contributed by atoms with Gasteiger partial charge in [-0.1, -0.05) is 38.1 Å². The van der Waals surface area contributed by atoms with E-state index in [0.29, 0.717) is 5.92 Å². The molecule has 0 unspecified atom stereocenters. The van der Waals surface area contributed by atoms with Crippen molar-refractivity contribution in [2.24, 2.45) is 0 Å². The fourth-order valence-electron chi connectivity index (χ4n) is 2.72. The van der Waals surface area contributed by atoms with E-state index < -0.39 is 0 Å². The van der Waals surface area contributed by atoms with Gasteiger partial charge >= 0.3 is 0 Å². The molecule has 0 spiro atoms. The van der Waals surface area contributed by atoms with Crippen molar-refractivity contribution >= 4 is 16.7 Å². The zero-order valence-electron chi connectivity index (χ0n) is 13.1. The summed E-state index contributed by atoms with van der Waals surface area (Å²) in [7, 11) is 0. The van der Waals surface area contributed by atoms with Gasteiger partial charge in [-0.3, -0.25) is 0 Å². The lowest BCUT2D eigenvalue weighted by Crippen LogP contribution is -1.99. The molecule has 2 aromatic carbocycles. The van der Waals surface area contributed by atoms with Crippen LogP contribution in [0.5, 0.6) is 0 Å². The summed E-state index contributed by atoms with van der Waals surface area (Å²) in [5, 5.41) is 0. The smallest absolute Gasteiger partial charge is 0.141 e. The van der Waals surface area contributed by atoms with Gasteiger partial charge in [-0.25, -0.2) is 4.98 Å². The van der Waals surface area contributed by atoms with Crippen LogP contribution >= 0.6 is 0 Å². The number of hydrogen-bond acceptors (Lipinski definition) is 2. The van der Waals surface area contributed by atoms with E-state index in [1.165, 1.54) is 5.56 Å². The lowest BCUT2D eigenvalue weighted by atomic mass is 10.0. The highest BCUT2D eigenvalue weighted by atomic mass is 15.1. The minimum absolute atomic E-state index is 0.491. The summed E-state index contributed by atoms with van der Waals surface area (Å²) in [5.74, 6) is 1.42. The molecule has 3 rings (SSSR count). The maximum Gasteiger partial charge on any atom is 0.141 e. The van der Waals surface area contributed by atoms with E-state index in [-0.39, 0.29) is 0 Å². The lowest BCUT2D eigenvalue weighted by molar-refractivity contribution is 0.858. The van der Waals surface area contributed by atoms with E-state index in [1.807, 2.05) is 30.3 Å².